The molecule has 0 bridgehead atoms. The summed E-state index contributed by atoms with van der Waals surface area (Å²) in [6, 6.07) is 0. The van der Waals surface area contributed by atoms with Crippen LogP contribution in [0.3, 0.4) is 0 Å². The van der Waals surface area contributed by atoms with Crippen LogP contribution in [0.2, 0.25) is 0 Å². The first kappa shape index (κ1) is 7.63. The predicted molar refractivity (Wildman–Crippen MR) is 41.4 cm³/mol. The van der Waals surface area contributed by atoms with Gasteiger partial charge in [-0.25, -0.2) is 0 Å². The van der Waals surface area contributed by atoms with E-state index in [0.717, 1.165) is 19.3 Å². The van der Waals surface area contributed by atoms with E-state index in [-0.39, 0.29) is 0 Å². The largest absolute Gasteiger partial charge is 0.396 e. The van der Waals surface area contributed by atoms with Gasteiger partial charge in [-0.05, 0) is 25.2 Å². The average Bonchev–Trinajstić information content (AvgIpc) is 2.05. The molecule has 0 heterocycles. The fourth-order valence-electron chi connectivity index (χ4n) is 1.61. The van der Waals surface area contributed by atoms with E-state index >= 15 is 0 Å². The molecule has 1 heteroatoms. The summed E-state index contributed by atoms with van der Waals surface area (Å²) in [7, 11) is 0. The minimum Gasteiger partial charge on any atom is -0.396 e. The molecule has 0 spiro atoms. The van der Waals surface area contributed by atoms with Crippen LogP contribution >= 0.6 is 0 Å². The molecule has 0 amide bonds. The molecule has 1 aliphatic carbocycles. The molecule has 0 saturated heterocycles. The van der Waals surface area contributed by atoms with Crippen molar-refractivity contribution in [2.75, 3.05) is 6.61 Å². The summed E-state index contributed by atoms with van der Waals surface area (Å²) in [4.78, 5) is 0. The highest BCUT2D eigenvalue weighted by Gasteiger charge is 2.18. The molecular weight excluding hydrogens is 124 g/mol. The van der Waals surface area contributed by atoms with Gasteiger partial charge in [-0.15, -0.1) is 12.3 Å². The van der Waals surface area contributed by atoms with E-state index in [2.05, 4.69) is 5.92 Å². The number of hydrogen-bond acceptors (Lipinski definition) is 1. The van der Waals surface area contributed by atoms with E-state index in [4.69, 9.17) is 11.5 Å². The number of aliphatic hydroxyl groups excluding tert-OH is 1. The molecule has 1 saturated carbocycles. The summed E-state index contributed by atoms with van der Waals surface area (Å²) in [6.45, 7) is 0.318. The van der Waals surface area contributed by atoms with Gasteiger partial charge >= 0.3 is 0 Å². The minimum absolute atomic E-state index is 0.318. The summed E-state index contributed by atoms with van der Waals surface area (Å²) in [5.74, 6) is 3.67. The van der Waals surface area contributed by atoms with Crippen LogP contribution in [0, 0.1) is 24.2 Å². The SMILES string of the molecule is C#CC1CCCC(CO)C1. The molecule has 1 fully saturated rings. The van der Waals surface area contributed by atoms with Gasteiger partial charge in [0.2, 0.25) is 0 Å². The molecule has 0 aromatic carbocycles. The van der Waals surface area contributed by atoms with Crippen molar-refractivity contribution in [1.82, 2.24) is 0 Å². The van der Waals surface area contributed by atoms with Crippen LogP contribution < -0.4 is 0 Å². The Kier molecular flexibility index (Phi) is 2.77. The van der Waals surface area contributed by atoms with Crippen LogP contribution in [-0.2, 0) is 0 Å². The second-order valence-electron chi connectivity index (χ2n) is 3.08. The molecule has 56 valence electrons. The molecule has 1 N–H and O–H groups in total. The normalized spacial score (nSPS) is 33.2. The van der Waals surface area contributed by atoms with Gasteiger partial charge in [-0.1, -0.05) is 6.42 Å². The van der Waals surface area contributed by atoms with Crippen molar-refractivity contribution >= 4 is 0 Å². The molecule has 1 rings (SSSR count). The van der Waals surface area contributed by atoms with Crippen molar-refractivity contribution in [3.63, 3.8) is 0 Å². The number of rotatable bonds is 1. The van der Waals surface area contributed by atoms with E-state index in [1.165, 1.54) is 6.42 Å². The van der Waals surface area contributed by atoms with Crippen LogP contribution in [0.15, 0.2) is 0 Å². The zero-order valence-corrected chi connectivity index (χ0v) is 6.21. The van der Waals surface area contributed by atoms with Gasteiger partial charge in [0.25, 0.3) is 0 Å². The third kappa shape index (κ3) is 1.75. The van der Waals surface area contributed by atoms with Crippen molar-refractivity contribution in [3.05, 3.63) is 0 Å². The summed E-state index contributed by atoms with van der Waals surface area (Å²) in [5, 5.41) is 8.84. The fraction of sp³-hybridized carbons (Fsp3) is 0.778. The number of hydrogen-bond donors (Lipinski definition) is 1. The Morgan fingerprint density at radius 2 is 2.30 bits per heavy atom. The molecule has 0 aliphatic heterocycles. The summed E-state index contributed by atoms with van der Waals surface area (Å²) in [6.07, 6.45) is 9.84. The van der Waals surface area contributed by atoms with E-state index in [1.807, 2.05) is 0 Å². The first-order valence-corrected chi connectivity index (χ1v) is 3.93. The predicted octanol–water partition coefficient (Wildman–Crippen LogP) is 1.42. The number of terminal acetylenes is 1. The van der Waals surface area contributed by atoms with Crippen LogP contribution in [0.4, 0.5) is 0 Å². The summed E-state index contributed by atoms with van der Waals surface area (Å²) >= 11 is 0. The van der Waals surface area contributed by atoms with E-state index in [9.17, 15) is 0 Å². The Labute approximate surface area is 62.4 Å². The summed E-state index contributed by atoms with van der Waals surface area (Å²) in [5.41, 5.74) is 0. The fourth-order valence-corrected chi connectivity index (χ4v) is 1.61. The van der Waals surface area contributed by atoms with Gasteiger partial charge in [-0.2, -0.15) is 0 Å². The standard InChI is InChI=1S/C9H14O/c1-2-8-4-3-5-9(6-8)7-10/h1,8-10H,3-7H2. The minimum atomic E-state index is 0.318. The van der Waals surface area contributed by atoms with Crippen molar-refractivity contribution in [1.29, 1.82) is 0 Å². The first-order chi connectivity index (χ1) is 4.86. The highest BCUT2D eigenvalue weighted by Crippen LogP contribution is 2.27. The van der Waals surface area contributed by atoms with E-state index in [1.54, 1.807) is 0 Å². The maximum absolute atomic E-state index is 8.84. The molecule has 2 atom stereocenters. The molecule has 0 radical (unpaired) electrons. The van der Waals surface area contributed by atoms with Crippen LogP contribution in [0.25, 0.3) is 0 Å². The smallest absolute Gasteiger partial charge is 0.0459 e. The third-order valence-electron chi connectivity index (χ3n) is 2.28. The van der Waals surface area contributed by atoms with Gasteiger partial charge in [0.1, 0.15) is 0 Å². The van der Waals surface area contributed by atoms with Gasteiger partial charge in [0, 0.05) is 12.5 Å². The van der Waals surface area contributed by atoms with Crippen molar-refractivity contribution in [2.24, 2.45) is 11.8 Å². The maximum atomic E-state index is 8.84. The molecule has 0 aromatic heterocycles. The molecule has 10 heavy (non-hydrogen) atoms. The van der Waals surface area contributed by atoms with Gasteiger partial charge in [-0.3, -0.25) is 0 Å². The average molecular weight is 138 g/mol. The van der Waals surface area contributed by atoms with Crippen LogP contribution in [-0.4, -0.2) is 11.7 Å². The lowest BCUT2D eigenvalue weighted by atomic mass is 9.82. The van der Waals surface area contributed by atoms with E-state index in [0.29, 0.717) is 18.4 Å². The monoisotopic (exact) mass is 138 g/mol. The Morgan fingerprint density at radius 3 is 2.90 bits per heavy atom. The van der Waals surface area contributed by atoms with Crippen LogP contribution in [0.1, 0.15) is 25.7 Å². The van der Waals surface area contributed by atoms with Crippen LogP contribution in [0.5, 0.6) is 0 Å². The third-order valence-corrected chi connectivity index (χ3v) is 2.28. The highest BCUT2D eigenvalue weighted by molar-refractivity contribution is 4.95. The van der Waals surface area contributed by atoms with Crippen molar-refractivity contribution in [2.45, 2.75) is 25.7 Å². The number of aliphatic hydroxyl groups is 1. The Morgan fingerprint density at radius 1 is 1.50 bits per heavy atom. The van der Waals surface area contributed by atoms with E-state index < -0.39 is 0 Å². The lowest BCUT2D eigenvalue weighted by Gasteiger charge is -2.23. The molecular formula is C9H14O. The molecule has 0 aromatic rings. The highest BCUT2D eigenvalue weighted by atomic mass is 16.3. The molecule has 1 aliphatic rings. The van der Waals surface area contributed by atoms with Crippen molar-refractivity contribution < 1.29 is 5.11 Å². The van der Waals surface area contributed by atoms with Gasteiger partial charge < -0.3 is 5.11 Å². The molecule has 1 nitrogen and oxygen atoms in total. The Bertz CT molecular complexity index is 134. The van der Waals surface area contributed by atoms with Gasteiger partial charge in [0.15, 0.2) is 0 Å². The lowest BCUT2D eigenvalue weighted by molar-refractivity contribution is 0.176. The molecule has 2 unspecified atom stereocenters. The van der Waals surface area contributed by atoms with Gasteiger partial charge in [0.05, 0.1) is 0 Å². The zero-order chi connectivity index (χ0) is 7.40. The Balaban J connectivity index is 2.33. The second-order valence-corrected chi connectivity index (χ2v) is 3.08. The first-order valence-electron chi connectivity index (χ1n) is 3.93. The van der Waals surface area contributed by atoms with Crippen molar-refractivity contribution in [3.8, 4) is 12.3 Å². The Hall–Kier alpha value is -0.480. The zero-order valence-electron chi connectivity index (χ0n) is 6.21. The maximum Gasteiger partial charge on any atom is 0.0459 e. The second kappa shape index (κ2) is 3.63. The lowest BCUT2D eigenvalue weighted by Crippen LogP contribution is -2.16. The quantitative estimate of drug-likeness (QED) is 0.543. The summed E-state index contributed by atoms with van der Waals surface area (Å²) < 4.78 is 0. The topological polar surface area (TPSA) is 20.2 Å².